The number of nitrogens with zero attached hydrogens (tertiary/aromatic N) is 3. The van der Waals surface area contributed by atoms with Gasteiger partial charge in [0, 0.05) is 25.2 Å². The predicted octanol–water partition coefficient (Wildman–Crippen LogP) is 1.77. The van der Waals surface area contributed by atoms with Gasteiger partial charge in [-0.1, -0.05) is 12.1 Å². The monoisotopic (exact) mass is 439 g/mol. The van der Waals surface area contributed by atoms with Gasteiger partial charge in [-0.15, -0.1) is 0 Å². The van der Waals surface area contributed by atoms with E-state index in [9.17, 15) is 19.5 Å². The molecule has 1 atom stereocenters. The molecular weight excluding hydrogens is 414 g/mol. The number of hydrogen-bond acceptors (Lipinski definition) is 6. The third kappa shape index (κ3) is 5.39. The number of aromatic nitrogens is 3. The average molecular weight is 439 g/mol. The standard InChI is InChI=1S/C22H25N5O5/c1-27-11-15(18-19(23)24-12-25-20(18)27)4-2-3-13-5-7-14(8-6-13)21(30)26-16(22(31)32)9-10-17(28)29/h5-8,11-12,16H,2-4,9-10H2,1H3,(H,26,30)(H,28,29)(H,31,32)(H2,23,24,25)/t16-/m0/s1. The zero-order chi connectivity index (χ0) is 23.3. The highest BCUT2D eigenvalue weighted by Gasteiger charge is 2.21. The molecule has 10 nitrogen and oxygen atoms in total. The molecule has 1 amide bonds. The number of aryl methyl sites for hydroxylation is 3. The lowest BCUT2D eigenvalue weighted by Crippen LogP contribution is -2.41. The minimum Gasteiger partial charge on any atom is -0.481 e. The van der Waals surface area contributed by atoms with Crippen LogP contribution in [0.2, 0.25) is 0 Å². The molecule has 0 unspecified atom stereocenters. The molecule has 0 aliphatic carbocycles. The van der Waals surface area contributed by atoms with Gasteiger partial charge < -0.3 is 25.8 Å². The molecule has 3 aromatic rings. The minimum atomic E-state index is -1.27. The molecule has 10 heteroatoms. The lowest BCUT2D eigenvalue weighted by atomic mass is 10.0. The number of amides is 1. The number of anilines is 1. The van der Waals surface area contributed by atoms with Crippen LogP contribution in [0.25, 0.3) is 11.0 Å². The highest BCUT2D eigenvalue weighted by atomic mass is 16.4. The van der Waals surface area contributed by atoms with Gasteiger partial charge in [0.1, 0.15) is 23.8 Å². The Morgan fingerprint density at radius 1 is 1.12 bits per heavy atom. The molecule has 0 radical (unpaired) electrons. The minimum absolute atomic E-state index is 0.182. The zero-order valence-electron chi connectivity index (χ0n) is 17.6. The average Bonchev–Trinajstić information content (AvgIpc) is 3.08. The Morgan fingerprint density at radius 3 is 2.50 bits per heavy atom. The van der Waals surface area contributed by atoms with Crippen LogP contribution in [-0.2, 0) is 29.5 Å². The normalized spacial score (nSPS) is 11.9. The summed E-state index contributed by atoms with van der Waals surface area (Å²) >= 11 is 0. The van der Waals surface area contributed by atoms with E-state index in [-0.39, 0.29) is 12.8 Å². The molecule has 32 heavy (non-hydrogen) atoms. The number of benzene rings is 1. The molecule has 2 aromatic heterocycles. The number of fused-ring (bicyclic) bond motifs is 1. The molecular formula is C22H25N5O5. The summed E-state index contributed by atoms with van der Waals surface area (Å²) in [5.41, 5.74) is 9.24. The molecule has 1 aromatic carbocycles. The second kappa shape index (κ2) is 9.90. The van der Waals surface area contributed by atoms with E-state index < -0.39 is 23.9 Å². The number of nitrogen functional groups attached to an aromatic ring is 1. The topological polar surface area (TPSA) is 160 Å². The van der Waals surface area contributed by atoms with Crippen LogP contribution in [0.3, 0.4) is 0 Å². The summed E-state index contributed by atoms with van der Waals surface area (Å²) in [4.78, 5) is 42.6. The van der Waals surface area contributed by atoms with Crippen molar-refractivity contribution < 1.29 is 24.6 Å². The van der Waals surface area contributed by atoms with Gasteiger partial charge in [0.2, 0.25) is 0 Å². The molecule has 0 aliphatic heterocycles. The largest absolute Gasteiger partial charge is 0.481 e. The van der Waals surface area contributed by atoms with Crippen LogP contribution in [0.5, 0.6) is 0 Å². The zero-order valence-corrected chi connectivity index (χ0v) is 17.6. The molecule has 3 rings (SSSR count). The van der Waals surface area contributed by atoms with Crippen molar-refractivity contribution >= 4 is 34.7 Å². The Labute approximate surface area is 184 Å². The maximum absolute atomic E-state index is 12.3. The van der Waals surface area contributed by atoms with Crippen molar-refractivity contribution in [2.24, 2.45) is 7.05 Å². The number of carbonyl (C=O) groups excluding carboxylic acids is 1. The molecule has 0 saturated carbocycles. The molecule has 5 N–H and O–H groups in total. The van der Waals surface area contributed by atoms with Crippen LogP contribution >= 0.6 is 0 Å². The third-order valence-corrected chi connectivity index (χ3v) is 5.24. The van der Waals surface area contributed by atoms with E-state index in [2.05, 4.69) is 15.3 Å². The van der Waals surface area contributed by atoms with Crippen LogP contribution < -0.4 is 11.1 Å². The van der Waals surface area contributed by atoms with Crippen molar-refractivity contribution in [1.82, 2.24) is 19.9 Å². The number of hydrogen-bond donors (Lipinski definition) is 4. The van der Waals surface area contributed by atoms with Gasteiger partial charge in [-0.25, -0.2) is 14.8 Å². The molecule has 2 heterocycles. The highest BCUT2D eigenvalue weighted by molar-refractivity contribution is 5.96. The van der Waals surface area contributed by atoms with E-state index >= 15 is 0 Å². The fraction of sp³-hybridized carbons (Fsp3) is 0.318. The molecule has 0 saturated heterocycles. The second-order valence-corrected chi connectivity index (χ2v) is 7.57. The van der Waals surface area contributed by atoms with E-state index in [4.69, 9.17) is 10.8 Å². The fourth-order valence-electron chi connectivity index (χ4n) is 3.59. The van der Waals surface area contributed by atoms with Gasteiger partial charge in [-0.05, 0) is 48.9 Å². The Hall–Kier alpha value is -3.95. The van der Waals surface area contributed by atoms with Crippen LogP contribution in [0.4, 0.5) is 5.82 Å². The molecule has 0 bridgehead atoms. The van der Waals surface area contributed by atoms with Crippen molar-refractivity contribution in [3.8, 4) is 0 Å². The maximum Gasteiger partial charge on any atom is 0.326 e. The number of nitrogens with one attached hydrogen (secondary N) is 1. The Balaban J connectivity index is 1.57. The maximum atomic E-state index is 12.3. The van der Waals surface area contributed by atoms with Gasteiger partial charge in [-0.2, -0.15) is 0 Å². The number of rotatable bonds is 10. The van der Waals surface area contributed by atoms with Crippen molar-refractivity contribution in [3.63, 3.8) is 0 Å². The summed E-state index contributed by atoms with van der Waals surface area (Å²) < 4.78 is 1.93. The Kier molecular flexibility index (Phi) is 7.04. The summed E-state index contributed by atoms with van der Waals surface area (Å²) in [7, 11) is 1.92. The first-order valence-corrected chi connectivity index (χ1v) is 10.1. The lowest BCUT2D eigenvalue weighted by molar-refractivity contribution is -0.140. The third-order valence-electron chi connectivity index (χ3n) is 5.24. The number of carbonyl (C=O) groups is 3. The van der Waals surface area contributed by atoms with Crippen LogP contribution in [0.15, 0.2) is 36.8 Å². The summed E-state index contributed by atoms with van der Waals surface area (Å²) in [5.74, 6) is -2.48. The van der Waals surface area contributed by atoms with Crippen molar-refractivity contribution in [3.05, 3.63) is 53.5 Å². The summed E-state index contributed by atoms with van der Waals surface area (Å²) in [5, 5.41) is 21.1. The van der Waals surface area contributed by atoms with Gasteiger partial charge in [-0.3, -0.25) is 9.59 Å². The highest BCUT2D eigenvalue weighted by Crippen LogP contribution is 2.24. The first kappa shape index (κ1) is 22.7. The molecule has 0 aliphatic rings. The molecule has 0 fully saturated rings. The quantitative estimate of drug-likeness (QED) is 0.372. The SMILES string of the molecule is Cn1cc(CCCc2ccc(C(=O)N[C@@H](CCC(=O)O)C(=O)O)cc2)c2c(N)ncnc21. The number of aliphatic carboxylic acids is 2. The van der Waals surface area contributed by atoms with Gasteiger partial charge in [0.25, 0.3) is 5.91 Å². The van der Waals surface area contributed by atoms with Gasteiger partial charge in [0.05, 0.1) is 5.39 Å². The number of nitrogens with two attached hydrogens (primary N) is 1. The number of carboxylic acid groups (broad SMARTS) is 2. The number of carboxylic acids is 2. The van der Waals surface area contributed by atoms with Crippen molar-refractivity contribution in [2.45, 2.75) is 38.1 Å². The van der Waals surface area contributed by atoms with Crippen molar-refractivity contribution in [1.29, 1.82) is 0 Å². The van der Waals surface area contributed by atoms with Gasteiger partial charge in [0.15, 0.2) is 0 Å². The van der Waals surface area contributed by atoms with E-state index in [0.29, 0.717) is 11.4 Å². The second-order valence-electron chi connectivity index (χ2n) is 7.57. The fourth-order valence-corrected chi connectivity index (χ4v) is 3.59. The van der Waals surface area contributed by atoms with E-state index in [0.717, 1.165) is 41.4 Å². The molecule has 0 spiro atoms. The van der Waals surface area contributed by atoms with E-state index in [1.165, 1.54) is 6.33 Å². The van der Waals surface area contributed by atoms with E-state index in [1.54, 1.807) is 12.1 Å². The smallest absolute Gasteiger partial charge is 0.326 e. The summed E-state index contributed by atoms with van der Waals surface area (Å²) in [6.07, 6.45) is 5.36. The first-order valence-electron chi connectivity index (χ1n) is 10.1. The van der Waals surface area contributed by atoms with Crippen molar-refractivity contribution in [2.75, 3.05) is 5.73 Å². The lowest BCUT2D eigenvalue weighted by Gasteiger charge is -2.13. The predicted molar refractivity (Wildman–Crippen MR) is 117 cm³/mol. The van der Waals surface area contributed by atoms with Crippen LogP contribution in [0, 0.1) is 0 Å². The Bertz CT molecular complexity index is 1140. The summed E-state index contributed by atoms with van der Waals surface area (Å²) in [6, 6.07) is 5.65. The van der Waals surface area contributed by atoms with Crippen LogP contribution in [0.1, 0.15) is 40.7 Å². The van der Waals surface area contributed by atoms with E-state index in [1.807, 2.05) is 29.9 Å². The van der Waals surface area contributed by atoms with Gasteiger partial charge >= 0.3 is 11.9 Å². The van der Waals surface area contributed by atoms with Crippen LogP contribution in [-0.4, -0.2) is 48.6 Å². The first-order chi connectivity index (χ1) is 15.3. The summed E-state index contributed by atoms with van der Waals surface area (Å²) in [6.45, 7) is 0. The Morgan fingerprint density at radius 2 is 1.84 bits per heavy atom. The molecule has 168 valence electrons.